The van der Waals surface area contributed by atoms with Crippen LogP contribution < -0.4 is 16.3 Å². The lowest BCUT2D eigenvalue weighted by Crippen LogP contribution is -2.51. The standard InChI is InChI=1S/C21H15ClN4O5S/c1-14(27)24(16-6-5-11-23-13-16)25-19-12-15(22)9-10-18(19)20(28)26(21(25)29)32(30,31)17-7-3-2-4-8-17/h2-13H,1H3. The number of pyridine rings is 1. The number of benzene rings is 2. The van der Waals surface area contributed by atoms with Crippen molar-refractivity contribution in [3.05, 3.63) is 98.9 Å². The Balaban J connectivity index is 2.19. The molecule has 0 atom stereocenters. The van der Waals surface area contributed by atoms with Crippen LogP contribution in [0, 0.1) is 0 Å². The fraction of sp³-hybridized carbons (Fsp3) is 0.0476. The van der Waals surface area contributed by atoms with Crippen LogP contribution in [0.4, 0.5) is 5.69 Å². The Hall–Kier alpha value is -3.76. The Morgan fingerprint density at radius 1 is 1.03 bits per heavy atom. The summed E-state index contributed by atoms with van der Waals surface area (Å²) in [5.74, 6) is -0.622. The van der Waals surface area contributed by atoms with Gasteiger partial charge in [-0.15, -0.1) is 3.97 Å². The highest BCUT2D eigenvalue weighted by molar-refractivity contribution is 7.90. The highest BCUT2D eigenvalue weighted by Gasteiger charge is 2.28. The van der Waals surface area contributed by atoms with Crippen molar-refractivity contribution in [1.82, 2.24) is 13.6 Å². The van der Waals surface area contributed by atoms with E-state index in [1.165, 1.54) is 67.8 Å². The number of nitrogens with zero attached hydrogens (tertiary/aromatic N) is 4. The molecule has 2 aromatic carbocycles. The smallest absolute Gasteiger partial charge is 0.273 e. The number of carbonyl (C=O) groups excluding carboxylic acids is 1. The lowest BCUT2D eigenvalue weighted by Gasteiger charge is -2.25. The summed E-state index contributed by atoms with van der Waals surface area (Å²) >= 11 is 6.09. The zero-order chi connectivity index (χ0) is 23.0. The van der Waals surface area contributed by atoms with Gasteiger partial charge in [0.1, 0.15) is 0 Å². The molecule has 11 heteroatoms. The van der Waals surface area contributed by atoms with Crippen molar-refractivity contribution in [1.29, 1.82) is 0 Å². The zero-order valence-corrected chi connectivity index (χ0v) is 18.1. The predicted octanol–water partition coefficient (Wildman–Crippen LogP) is 2.26. The molecular formula is C21H15ClN4O5S. The van der Waals surface area contributed by atoms with E-state index in [-0.39, 0.29) is 30.5 Å². The average molecular weight is 471 g/mol. The Labute approximate surface area is 186 Å². The van der Waals surface area contributed by atoms with Crippen LogP contribution in [0.15, 0.2) is 87.5 Å². The first kappa shape index (κ1) is 21.5. The maximum absolute atomic E-state index is 13.5. The van der Waals surface area contributed by atoms with Crippen molar-refractivity contribution in [2.75, 3.05) is 5.01 Å². The number of rotatable bonds is 4. The van der Waals surface area contributed by atoms with E-state index in [4.69, 9.17) is 11.6 Å². The van der Waals surface area contributed by atoms with Gasteiger partial charge in [0.15, 0.2) is 0 Å². The molecule has 4 aromatic rings. The normalized spacial score (nSPS) is 11.4. The third-order valence-electron chi connectivity index (χ3n) is 4.63. The molecule has 0 aliphatic heterocycles. The molecule has 0 saturated carbocycles. The van der Waals surface area contributed by atoms with E-state index in [2.05, 4.69) is 4.98 Å². The molecule has 0 aliphatic rings. The number of aromatic nitrogens is 3. The second-order valence-electron chi connectivity index (χ2n) is 6.69. The molecule has 0 N–H and O–H groups in total. The number of anilines is 1. The van der Waals surface area contributed by atoms with Gasteiger partial charge in [-0.3, -0.25) is 14.6 Å². The van der Waals surface area contributed by atoms with Crippen molar-refractivity contribution in [2.24, 2.45) is 0 Å². The molecule has 0 radical (unpaired) electrons. The van der Waals surface area contributed by atoms with E-state index < -0.39 is 27.2 Å². The Morgan fingerprint density at radius 3 is 2.38 bits per heavy atom. The average Bonchev–Trinajstić information content (AvgIpc) is 2.77. The van der Waals surface area contributed by atoms with Gasteiger partial charge in [0.05, 0.1) is 27.7 Å². The molecule has 2 heterocycles. The molecule has 0 saturated heterocycles. The number of amides is 1. The third-order valence-corrected chi connectivity index (χ3v) is 6.53. The Kier molecular flexibility index (Phi) is 5.41. The largest absolute Gasteiger partial charge is 0.365 e. The Morgan fingerprint density at radius 2 is 1.75 bits per heavy atom. The fourth-order valence-electron chi connectivity index (χ4n) is 3.27. The van der Waals surface area contributed by atoms with E-state index in [1.54, 1.807) is 12.1 Å². The molecule has 4 rings (SSSR count). The lowest BCUT2D eigenvalue weighted by atomic mass is 10.2. The monoisotopic (exact) mass is 470 g/mol. The van der Waals surface area contributed by atoms with Crippen molar-refractivity contribution in [3.8, 4) is 0 Å². The lowest BCUT2D eigenvalue weighted by molar-refractivity contribution is -0.117. The summed E-state index contributed by atoms with van der Waals surface area (Å²) in [5, 5.41) is 0.997. The van der Waals surface area contributed by atoms with E-state index in [0.717, 1.165) is 9.69 Å². The highest BCUT2D eigenvalue weighted by Crippen LogP contribution is 2.21. The summed E-state index contributed by atoms with van der Waals surface area (Å²) in [5.41, 5.74) is -2.17. The summed E-state index contributed by atoms with van der Waals surface area (Å²) in [6.07, 6.45) is 2.80. The zero-order valence-electron chi connectivity index (χ0n) is 16.5. The van der Waals surface area contributed by atoms with Crippen LogP contribution in [0.1, 0.15) is 6.92 Å². The van der Waals surface area contributed by atoms with Gasteiger partial charge < -0.3 is 0 Å². The minimum absolute atomic E-state index is 0.0361. The second-order valence-corrected chi connectivity index (χ2v) is 8.91. The van der Waals surface area contributed by atoms with Crippen LogP contribution in [0.3, 0.4) is 0 Å². The summed E-state index contributed by atoms with van der Waals surface area (Å²) in [6, 6.07) is 14.1. The van der Waals surface area contributed by atoms with E-state index in [1.807, 2.05) is 0 Å². The fourth-order valence-corrected chi connectivity index (χ4v) is 4.74. The molecule has 9 nitrogen and oxygen atoms in total. The molecular weight excluding hydrogens is 456 g/mol. The SMILES string of the molecule is CC(=O)N(c1cccnc1)n1c(=O)n(S(=O)(=O)c2ccccc2)c(=O)c2ccc(Cl)cc21. The third kappa shape index (κ3) is 3.49. The molecule has 2 aromatic heterocycles. The van der Waals surface area contributed by atoms with Crippen LogP contribution in [0.25, 0.3) is 10.9 Å². The molecule has 1 amide bonds. The summed E-state index contributed by atoms with van der Waals surface area (Å²) in [4.78, 5) is 43.0. The van der Waals surface area contributed by atoms with Gasteiger partial charge in [0.25, 0.3) is 15.6 Å². The van der Waals surface area contributed by atoms with Gasteiger partial charge in [-0.25, -0.2) is 18.2 Å². The number of fused-ring (bicyclic) bond motifs is 1. The van der Waals surface area contributed by atoms with Crippen LogP contribution >= 0.6 is 11.6 Å². The number of halogens is 1. The summed E-state index contributed by atoms with van der Waals surface area (Å²) in [6.45, 7) is 1.19. The molecule has 0 unspecified atom stereocenters. The van der Waals surface area contributed by atoms with Crippen molar-refractivity contribution in [3.63, 3.8) is 0 Å². The van der Waals surface area contributed by atoms with Gasteiger partial charge in [-0.05, 0) is 42.5 Å². The van der Waals surface area contributed by atoms with E-state index in [0.29, 0.717) is 0 Å². The highest BCUT2D eigenvalue weighted by atomic mass is 35.5. The molecule has 0 spiro atoms. The van der Waals surface area contributed by atoms with Gasteiger partial charge >= 0.3 is 5.69 Å². The van der Waals surface area contributed by atoms with Gasteiger partial charge in [-0.2, -0.15) is 4.68 Å². The van der Waals surface area contributed by atoms with E-state index in [9.17, 15) is 22.8 Å². The van der Waals surface area contributed by atoms with E-state index >= 15 is 0 Å². The second kappa shape index (κ2) is 8.06. The number of carbonyl (C=O) groups is 1. The van der Waals surface area contributed by atoms with Crippen molar-refractivity contribution < 1.29 is 13.2 Å². The van der Waals surface area contributed by atoms with Crippen LogP contribution in [-0.2, 0) is 14.8 Å². The minimum Gasteiger partial charge on any atom is -0.273 e. The van der Waals surface area contributed by atoms with Gasteiger partial charge in [0, 0.05) is 18.1 Å². The molecule has 162 valence electrons. The summed E-state index contributed by atoms with van der Waals surface area (Å²) in [7, 11) is -4.58. The molecule has 32 heavy (non-hydrogen) atoms. The van der Waals surface area contributed by atoms with Crippen LogP contribution in [0.2, 0.25) is 5.02 Å². The predicted molar refractivity (Wildman–Crippen MR) is 119 cm³/mol. The van der Waals surface area contributed by atoms with Crippen LogP contribution in [0.5, 0.6) is 0 Å². The quantitative estimate of drug-likeness (QED) is 0.452. The first-order chi connectivity index (χ1) is 15.2. The minimum atomic E-state index is -4.58. The van der Waals surface area contributed by atoms with Gasteiger partial charge in [0.2, 0.25) is 5.91 Å². The van der Waals surface area contributed by atoms with Crippen molar-refractivity contribution >= 4 is 44.1 Å². The number of hydrogen-bond donors (Lipinski definition) is 0. The maximum atomic E-state index is 13.5. The number of hydrogen-bond acceptors (Lipinski definition) is 6. The maximum Gasteiger partial charge on any atom is 0.365 e. The van der Waals surface area contributed by atoms with Gasteiger partial charge in [-0.1, -0.05) is 29.8 Å². The first-order valence-electron chi connectivity index (χ1n) is 9.22. The Bertz CT molecular complexity index is 1570. The molecule has 0 bridgehead atoms. The van der Waals surface area contributed by atoms with Crippen molar-refractivity contribution in [2.45, 2.75) is 11.8 Å². The summed E-state index contributed by atoms with van der Waals surface area (Å²) < 4.78 is 27.5. The molecule has 0 fully saturated rings. The van der Waals surface area contributed by atoms with Crippen LogP contribution in [-0.4, -0.2) is 28.0 Å². The topological polar surface area (TPSA) is 111 Å². The molecule has 0 aliphatic carbocycles. The first-order valence-corrected chi connectivity index (χ1v) is 11.0.